The fraction of sp³-hybridized carbons (Fsp3) is 0.385. The Balaban J connectivity index is 3.57. The molecule has 0 atom stereocenters. The summed E-state index contributed by atoms with van der Waals surface area (Å²) >= 11 is 0. The molecular weight excluding hydrogens is 248 g/mol. The van der Waals surface area contributed by atoms with Crippen LogP contribution in [0.15, 0.2) is 12.1 Å². The number of methoxy groups -OCH3 is 1. The molecule has 2 amide bonds. The number of anilines is 1. The molecular formula is C13H18N2O4. The molecule has 0 saturated carbocycles. The summed E-state index contributed by atoms with van der Waals surface area (Å²) in [6.45, 7) is 5.16. The van der Waals surface area contributed by atoms with Gasteiger partial charge in [0.1, 0.15) is 5.75 Å². The van der Waals surface area contributed by atoms with Gasteiger partial charge >= 0.3 is 12.0 Å². The molecule has 0 radical (unpaired) electrons. The Morgan fingerprint density at radius 3 is 2.32 bits per heavy atom. The van der Waals surface area contributed by atoms with Gasteiger partial charge in [0, 0.05) is 12.1 Å². The van der Waals surface area contributed by atoms with Gasteiger partial charge in [0.25, 0.3) is 0 Å². The first-order chi connectivity index (χ1) is 8.79. The van der Waals surface area contributed by atoms with Crippen LogP contribution in [0, 0.1) is 6.92 Å². The molecule has 3 N–H and O–H groups in total. The van der Waals surface area contributed by atoms with Crippen molar-refractivity contribution >= 4 is 17.7 Å². The maximum absolute atomic E-state index is 11.5. The highest BCUT2D eigenvalue weighted by Crippen LogP contribution is 2.30. The first kappa shape index (κ1) is 14.8. The molecule has 0 bridgehead atoms. The van der Waals surface area contributed by atoms with Crippen LogP contribution in [0.2, 0.25) is 0 Å². The van der Waals surface area contributed by atoms with Gasteiger partial charge in [-0.2, -0.15) is 0 Å². The number of carbonyl (C=O) groups excluding carboxylic acids is 1. The van der Waals surface area contributed by atoms with E-state index in [9.17, 15) is 14.7 Å². The van der Waals surface area contributed by atoms with E-state index in [1.54, 1.807) is 26.8 Å². The Morgan fingerprint density at radius 1 is 1.37 bits per heavy atom. The van der Waals surface area contributed by atoms with Crippen LogP contribution in [0.1, 0.15) is 29.8 Å². The lowest BCUT2D eigenvalue weighted by Gasteiger charge is -2.27. The van der Waals surface area contributed by atoms with E-state index < -0.39 is 12.0 Å². The van der Waals surface area contributed by atoms with Crippen molar-refractivity contribution in [2.45, 2.75) is 26.8 Å². The predicted molar refractivity (Wildman–Crippen MR) is 71.9 cm³/mol. The van der Waals surface area contributed by atoms with E-state index >= 15 is 0 Å². The second kappa shape index (κ2) is 5.60. The van der Waals surface area contributed by atoms with Crippen molar-refractivity contribution in [3.63, 3.8) is 0 Å². The molecule has 0 aliphatic carbocycles. The van der Waals surface area contributed by atoms with Gasteiger partial charge in [0.2, 0.25) is 0 Å². The summed E-state index contributed by atoms with van der Waals surface area (Å²) in [7, 11) is 1.48. The van der Waals surface area contributed by atoms with Crippen LogP contribution in [-0.4, -0.2) is 30.3 Å². The first-order valence-electron chi connectivity index (χ1n) is 5.80. The lowest BCUT2D eigenvalue weighted by atomic mass is 10.0. The third-order valence-corrected chi connectivity index (χ3v) is 2.75. The maximum Gasteiger partial charge on any atom is 0.338 e. The first-order valence-corrected chi connectivity index (χ1v) is 5.80. The fourth-order valence-corrected chi connectivity index (χ4v) is 1.97. The molecule has 0 aromatic heterocycles. The van der Waals surface area contributed by atoms with Crippen LogP contribution >= 0.6 is 0 Å². The summed E-state index contributed by atoms with van der Waals surface area (Å²) in [5, 5.41) is 9.30. The van der Waals surface area contributed by atoms with E-state index in [1.807, 2.05) is 0 Å². The van der Waals surface area contributed by atoms with E-state index in [4.69, 9.17) is 10.5 Å². The average molecular weight is 266 g/mol. The van der Waals surface area contributed by atoms with Crippen molar-refractivity contribution in [3.05, 3.63) is 23.3 Å². The van der Waals surface area contributed by atoms with E-state index in [1.165, 1.54) is 18.1 Å². The van der Waals surface area contributed by atoms with Crippen LogP contribution in [0.3, 0.4) is 0 Å². The summed E-state index contributed by atoms with van der Waals surface area (Å²) in [5.41, 5.74) is 6.13. The number of ether oxygens (including phenoxy) is 1. The quantitative estimate of drug-likeness (QED) is 0.871. The Morgan fingerprint density at radius 2 is 1.95 bits per heavy atom. The molecule has 1 aromatic rings. The molecule has 6 heteroatoms. The molecule has 0 aliphatic rings. The van der Waals surface area contributed by atoms with Crippen LogP contribution in [0.25, 0.3) is 0 Å². The number of nitrogens with zero attached hydrogens (tertiary/aromatic N) is 1. The molecule has 0 heterocycles. The smallest absolute Gasteiger partial charge is 0.338 e. The number of hydrogen-bond donors (Lipinski definition) is 2. The van der Waals surface area contributed by atoms with Gasteiger partial charge in [0.05, 0.1) is 18.4 Å². The minimum Gasteiger partial charge on any atom is -0.497 e. The number of carbonyl (C=O) groups is 2. The van der Waals surface area contributed by atoms with Gasteiger partial charge in [0.15, 0.2) is 0 Å². The minimum absolute atomic E-state index is 0.0494. The number of carboxylic acid groups (broad SMARTS) is 1. The zero-order chi connectivity index (χ0) is 14.7. The number of benzene rings is 1. The lowest BCUT2D eigenvalue weighted by molar-refractivity contribution is 0.0697. The van der Waals surface area contributed by atoms with E-state index in [-0.39, 0.29) is 17.3 Å². The largest absolute Gasteiger partial charge is 0.497 e. The fourth-order valence-electron chi connectivity index (χ4n) is 1.97. The number of aryl methyl sites for hydroxylation is 1. The van der Waals surface area contributed by atoms with Crippen molar-refractivity contribution in [1.82, 2.24) is 0 Å². The van der Waals surface area contributed by atoms with E-state index in [0.29, 0.717) is 11.3 Å². The van der Waals surface area contributed by atoms with Crippen molar-refractivity contribution in [2.24, 2.45) is 5.73 Å². The number of primary amides is 1. The number of amides is 2. The molecule has 0 spiro atoms. The van der Waals surface area contributed by atoms with Crippen molar-refractivity contribution in [3.8, 4) is 5.75 Å². The highest BCUT2D eigenvalue weighted by atomic mass is 16.5. The molecule has 0 aliphatic heterocycles. The monoisotopic (exact) mass is 266 g/mol. The predicted octanol–water partition coefficient (Wildman–Crippen LogP) is 2.00. The average Bonchev–Trinajstić information content (AvgIpc) is 2.26. The summed E-state index contributed by atoms with van der Waals surface area (Å²) < 4.78 is 5.11. The van der Waals surface area contributed by atoms with Crippen LogP contribution in [-0.2, 0) is 0 Å². The third-order valence-electron chi connectivity index (χ3n) is 2.75. The van der Waals surface area contributed by atoms with Gasteiger partial charge in [-0.15, -0.1) is 0 Å². The summed E-state index contributed by atoms with van der Waals surface area (Å²) in [6, 6.07) is 2.14. The second-order valence-electron chi connectivity index (χ2n) is 4.45. The highest BCUT2D eigenvalue weighted by molar-refractivity contribution is 6.02. The van der Waals surface area contributed by atoms with Gasteiger partial charge < -0.3 is 15.6 Å². The van der Waals surface area contributed by atoms with Crippen molar-refractivity contribution in [1.29, 1.82) is 0 Å². The van der Waals surface area contributed by atoms with Gasteiger partial charge in [-0.05, 0) is 32.4 Å². The summed E-state index contributed by atoms with van der Waals surface area (Å²) in [6.07, 6.45) is 0. The number of nitrogens with two attached hydrogens (primary N) is 1. The van der Waals surface area contributed by atoms with Crippen LogP contribution in [0.5, 0.6) is 5.75 Å². The minimum atomic E-state index is -1.11. The SMILES string of the molecule is COc1cc(C)c(C(=O)O)c(N(C(N)=O)C(C)C)c1. The Labute approximate surface area is 111 Å². The Hall–Kier alpha value is -2.24. The molecule has 1 aromatic carbocycles. The van der Waals surface area contributed by atoms with Crippen LogP contribution < -0.4 is 15.4 Å². The topological polar surface area (TPSA) is 92.9 Å². The number of aromatic carboxylic acids is 1. The number of carboxylic acids is 1. The zero-order valence-electron chi connectivity index (χ0n) is 11.4. The molecule has 0 saturated heterocycles. The third kappa shape index (κ3) is 2.96. The molecule has 1 rings (SSSR count). The molecule has 0 fully saturated rings. The zero-order valence-corrected chi connectivity index (χ0v) is 11.4. The molecule has 104 valence electrons. The van der Waals surface area contributed by atoms with Gasteiger partial charge in [-0.3, -0.25) is 4.90 Å². The summed E-state index contributed by atoms with van der Waals surface area (Å²) in [5.74, 6) is -0.633. The van der Waals surface area contributed by atoms with E-state index in [2.05, 4.69) is 0 Å². The van der Waals surface area contributed by atoms with Crippen molar-refractivity contribution < 1.29 is 19.4 Å². The van der Waals surface area contributed by atoms with Gasteiger partial charge in [-0.25, -0.2) is 9.59 Å². The summed E-state index contributed by atoms with van der Waals surface area (Å²) in [4.78, 5) is 24.1. The van der Waals surface area contributed by atoms with Gasteiger partial charge in [-0.1, -0.05) is 0 Å². The Bertz CT molecular complexity index is 512. The van der Waals surface area contributed by atoms with E-state index in [0.717, 1.165) is 0 Å². The normalized spacial score (nSPS) is 10.4. The second-order valence-corrected chi connectivity index (χ2v) is 4.45. The van der Waals surface area contributed by atoms with Crippen molar-refractivity contribution in [2.75, 3.05) is 12.0 Å². The molecule has 0 unspecified atom stereocenters. The Kier molecular flexibility index (Phi) is 4.37. The molecule has 6 nitrogen and oxygen atoms in total. The standard InChI is InChI=1S/C13H18N2O4/c1-7(2)15(13(14)18)10-6-9(19-4)5-8(3)11(10)12(16)17/h5-7H,1-4H3,(H2,14,18)(H,16,17). The number of urea groups is 1. The number of rotatable bonds is 4. The molecule has 19 heavy (non-hydrogen) atoms. The van der Waals surface area contributed by atoms with Crippen LogP contribution in [0.4, 0.5) is 10.5 Å². The highest BCUT2D eigenvalue weighted by Gasteiger charge is 2.24. The maximum atomic E-state index is 11.5. The number of hydrogen-bond acceptors (Lipinski definition) is 3. The lowest BCUT2D eigenvalue weighted by Crippen LogP contribution is -2.41.